The van der Waals surface area contributed by atoms with E-state index in [1.807, 2.05) is 49.4 Å². The van der Waals surface area contributed by atoms with Crippen molar-refractivity contribution in [3.05, 3.63) is 59.7 Å². The summed E-state index contributed by atoms with van der Waals surface area (Å²) in [5.41, 5.74) is 2.31. The van der Waals surface area contributed by atoms with Gasteiger partial charge in [-0.3, -0.25) is 0 Å². The fourth-order valence-electron chi connectivity index (χ4n) is 2.61. The van der Waals surface area contributed by atoms with Crippen LogP contribution in [0.1, 0.15) is 25.0 Å². The molecule has 26 heavy (non-hydrogen) atoms. The monoisotopic (exact) mass is 355 g/mol. The molecule has 2 rings (SSSR count). The molecule has 0 radical (unpaired) electrons. The minimum atomic E-state index is 0.599. The Kier molecular flexibility index (Phi) is 8.33. The number of hydrogen-bond acceptors (Lipinski definition) is 3. The lowest BCUT2D eigenvalue weighted by Crippen LogP contribution is -2.38. The van der Waals surface area contributed by atoms with Crippen LogP contribution in [-0.4, -0.2) is 32.8 Å². The molecule has 0 fully saturated rings. The molecule has 140 valence electrons. The van der Waals surface area contributed by atoms with Crippen LogP contribution < -0.4 is 20.1 Å². The number of methoxy groups -OCH3 is 1. The quantitative estimate of drug-likeness (QED) is 0.535. The number of nitrogens with one attached hydrogen (secondary N) is 2. The minimum Gasteiger partial charge on any atom is -0.497 e. The van der Waals surface area contributed by atoms with Gasteiger partial charge in [0.05, 0.1) is 20.3 Å². The van der Waals surface area contributed by atoms with Gasteiger partial charge in [-0.25, -0.2) is 4.99 Å². The number of nitrogens with zero attached hydrogens (tertiary/aromatic N) is 1. The molecule has 0 bridgehead atoms. The average Bonchev–Trinajstić information content (AvgIpc) is 2.68. The standard InChI is InChI=1S/C21H29N3O2/c1-4-22-21(24-16-17-9-8-11-19(15-17)25-3)23-14-13-18-10-6-7-12-20(18)26-5-2/h6-12,15H,4-5,13-14,16H2,1-3H3,(H2,22,23,24). The zero-order chi connectivity index (χ0) is 18.6. The molecule has 0 aromatic heterocycles. The number of guanidine groups is 1. The molecule has 0 heterocycles. The van der Waals surface area contributed by atoms with E-state index in [0.717, 1.165) is 42.5 Å². The number of hydrogen-bond donors (Lipinski definition) is 2. The highest BCUT2D eigenvalue weighted by Crippen LogP contribution is 2.18. The minimum absolute atomic E-state index is 0.599. The summed E-state index contributed by atoms with van der Waals surface area (Å²) in [7, 11) is 1.67. The summed E-state index contributed by atoms with van der Waals surface area (Å²) in [6, 6.07) is 16.1. The second-order valence-corrected chi connectivity index (χ2v) is 5.76. The lowest BCUT2D eigenvalue weighted by molar-refractivity contribution is 0.336. The molecule has 0 atom stereocenters. The third-order valence-corrected chi connectivity index (χ3v) is 3.86. The SMILES string of the molecule is CCNC(=NCc1cccc(OC)c1)NCCc1ccccc1OCC. The topological polar surface area (TPSA) is 54.9 Å². The molecule has 2 aromatic carbocycles. The maximum absolute atomic E-state index is 5.68. The third-order valence-electron chi connectivity index (χ3n) is 3.86. The molecule has 0 aliphatic heterocycles. The summed E-state index contributed by atoms with van der Waals surface area (Å²) in [6.45, 7) is 6.95. The van der Waals surface area contributed by atoms with E-state index in [1.165, 1.54) is 5.56 Å². The molecule has 0 saturated heterocycles. The number of benzene rings is 2. The first-order valence-corrected chi connectivity index (χ1v) is 9.12. The van der Waals surface area contributed by atoms with Gasteiger partial charge < -0.3 is 20.1 Å². The smallest absolute Gasteiger partial charge is 0.191 e. The van der Waals surface area contributed by atoms with Crippen LogP contribution >= 0.6 is 0 Å². The van der Waals surface area contributed by atoms with E-state index in [0.29, 0.717) is 13.2 Å². The second kappa shape index (κ2) is 11.0. The van der Waals surface area contributed by atoms with Crippen molar-refractivity contribution in [3.8, 4) is 11.5 Å². The van der Waals surface area contributed by atoms with Crippen molar-refractivity contribution in [2.45, 2.75) is 26.8 Å². The highest BCUT2D eigenvalue weighted by Gasteiger charge is 2.03. The van der Waals surface area contributed by atoms with Crippen LogP contribution in [0.3, 0.4) is 0 Å². The van der Waals surface area contributed by atoms with Crippen LogP contribution in [0, 0.1) is 0 Å². The van der Waals surface area contributed by atoms with Gasteiger partial charge in [0, 0.05) is 13.1 Å². The molecule has 0 aliphatic rings. The Morgan fingerprint density at radius 1 is 1.04 bits per heavy atom. The highest BCUT2D eigenvalue weighted by molar-refractivity contribution is 5.79. The molecule has 2 aromatic rings. The molecular weight excluding hydrogens is 326 g/mol. The summed E-state index contributed by atoms with van der Waals surface area (Å²) >= 11 is 0. The Morgan fingerprint density at radius 2 is 1.88 bits per heavy atom. The Morgan fingerprint density at radius 3 is 2.65 bits per heavy atom. The number of para-hydroxylation sites is 1. The van der Waals surface area contributed by atoms with Crippen molar-refractivity contribution in [1.29, 1.82) is 0 Å². The first-order valence-electron chi connectivity index (χ1n) is 9.12. The summed E-state index contributed by atoms with van der Waals surface area (Å²) in [6.07, 6.45) is 0.875. The molecule has 0 unspecified atom stereocenters. The van der Waals surface area contributed by atoms with Gasteiger partial charge in [-0.2, -0.15) is 0 Å². The first kappa shape index (κ1) is 19.6. The van der Waals surface area contributed by atoms with Crippen molar-refractivity contribution in [1.82, 2.24) is 10.6 Å². The van der Waals surface area contributed by atoms with E-state index in [4.69, 9.17) is 9.47 Å². The van der Waals surface area contributed by atoms with E-state index in [9.17, 15) is 0 Å². The van der Waals surface area contributed by atoms with E-state index >= 15 is 0 Å². The third kappa shape index (κ3) is 6.31. The molecule has 5 nitrogen and oxygen atoms in total. The van der Waals surface area contributed by atoms with Gasteiger partial charge in [0.15, 0.2) is 5.96 Å². The molecule has 0 spiro atoms. The van der Waals surface area contributed by atoms with Crippen molar-refractivity contribution in [2.24, 2.45) is 4.99 Å². The summed E-state index contributed by atoms with van der Waals surface area (Å²) in [5, 5.41) is 6.67. The van der Waals surface area contributed by atoms with E-state index in [2.05, 4.69) is 28.6 Å². The predicted octanol–water partition coefficient (Wildman–Crippen LogP) is 3.39. The van der Waals surface area contributed by atoms with Gasteiger partial charge in [0.25, 0.3) is 0 Å². The number of aliphatic imine (C=N–C) groups is 1. The van der Waals surface area contributed by atoms with Gasteiger partial charge in [-0.1, -0.05) is 30.3 Å². The molecule has 0 aliphatic carbocycles. The summed E-state index contributed by atoms with van der Waals surface area (Å²) in [5.74, 6) is 2.61. The zero-order valence-electron chi connectivity index (χ0n) is 15.9. The molecule has 2 N–H and O–H groups in total. The number of rotatable bonds is 9. The predicted molar refractivity (Wildman–Crippen MR) is 107 cm³/mol. The van der Waals surface area contributed by atoms with Gasteiger partial charge in [-0.05, 0) is 49.6 Å². The van der Waals surface area contributed by atoms with Gasteiger partial charge >= 0.3 is 0 Å². The summed E-state index contributed by atoms with van der Waals surface area (Å²) in [4.78, 5) is 4.66. The van der Waals surface area contributed by atoms with Crippen LogP contribution in [0.25, 0.3) is 0 Å². The largest absolute Gasteiger partial charge is 0.497 e. The highest BCUT2D eigenvalue weighted by atomic mass is 16.5. The molecule has 5 heteroatoms. The van der Waals surface area contributed by atoms with Gasteiger partial charge in [0.1, 0.15) is 11.5 Å². The molecular formula is C21H29N3O2. The Labute approximate surface area is 156 Å². The Hall–Kier alpha value is -2.69. The van der Waals surface area contributed by atoms with Gasteiger partial charge in [-0.15, -0.1) is 0 Å². The lowest BCUT2D eigenvalue weighted by atomic mass is 10.1. The number of ether oxygens (including phenoxy) is 2. The lowest BCUT2D eigenvalue weighted by Gasteiger charge is -2.13. The average molecular weight is 355 g/mol. The van der Waals surface area contributed by atoms with E-state index in [-0.39, 0.29) is 0 Å². The zero-order valence-corrected chi connectivity index (χ0v) is 15.9. The van der Waals surface area contributed by atoms with Crippen LogP contribution in [0.4, 0.5) is 0 Å². The van der Waals surface area contributed by atoms with Crippen molar-refractivity contribution in [3.63, 3.8) is 0 Å². The van der Waals surface area contributed by atoms with E-state index < -0.39 is 0 Å². The van der Waals surface area contributed by atoms with Gasteiger partial charge in [0.2, 0.25) is 0 Å². The van der Waals surface area contributed by atoms with Crippen molar-refractivity contribution in [2.75, 3.05) is 26.8 Å². The fraction of sp³-hybridized carbons (Fsp3) is 0.381. The normalized spacial score (nSPS) is 11.1. The Bertz CT molecular complexity index is 701. The van der Waals surface area contributed by atoms with Crippen LogP contribution in [-0.2, 0) is 13.0 Å². The fourth-order valence-corrected chi connectivity index (χ4v) is 2.61. The maximum Gasteiger partial charge on any atom is 0.191 e. The first-order chi connectivity index (χ1) is 12.8. The second-order valence-electron chi connectivity index (χ2n) is 5.76. The summed E-state index contributed by atoms with van der Waals surface area (Å²) < 4.78 is 10.9. The van der Waals surface area contributed by atoms with Crippen molar-refractivity contribution < 1.29 is 9.47 Å². The van der Waals surface area contributed by atoms with E-state index in [1.54, 1.807) is 7.11 Å². The van der Waals surface area contributed by atoms with Crippen molar-refractivity contribution >= 4 is 5.96 Å². The van der Waals surface area contributed by atoms with Crippen LogP contribution in [0.5, 0.6) is 11.5 Å². The Balaban J connectivity index is 1.93. The molecule has 0 saturated carbocycles. The van der Waals surface area contributed by atoms with Crippen LogP contribution in [0.15, 0.2) is 53.5 Å². The van der Waals surface area contributed by atoms with Crippen LogP contribution in [0.2, 0.25) is 0 Å². The maximum atomic E-state index is 5.68. The molecule has 0 amide bonds.